The van der Waals surface area contributed by atoms with Gasteiger partial charge in [-0.25, -0.2) is 0 Å². The summed E-state index contributed by atoms with van der Waals surface area (Å²) >= 11 is 1.73. The molecule has 4 aromatic carbocycles. The number of hydrogen-bond donors (Lipinski definition) is 1. The van der Waals surface area contributed by atoms with Crippen LogP contribution >= 0.6 is 11.3 Å². The van der Waals surface area contributed by atoms with Gasteiger partial charge in [-0.2, -0.15) is 0 Å². The first-order valence-electron chi connectivity index (χ1n) is 11.2. The molecule has 0 fully saturated rings. The summed E-state index contributed by atoms with van der Waals surface area (Å²) in [6.45, 7) is 0.682. The van der Waals surface area contributed by atoms with Gasteiger partial charge in [0.1, 0.15) is 0 Å². The molecule has 34 heavy (non-hydrogen) atoms. The van der Waals surface area contributed by atoms with Crippen molar-refractivity contribution in [3.8, 4) is 21.6 Å². The first-order valence-corrected chi connectivity index (χ1v) is 12.1. The number of hydrogen-bond acceptors (Lipinski definition) is 2. The summed E-state index contributed by atoms with van der Waals surface area (Å²) in [6, 6.07) is 35.5. The number of nitrogens with zero attached hydrogens (tertiary/aromatic N) is 1. The van der Waals surface area contributed by atoms with Gasteiger partial charge in [-0.3, -0.25) is 4.79 Å². The smallest absolute Gasteiger partial charge is 0.249 e. The maximum Gasteiger partial charge on any atom is 0.249 e. The van der Waals surface area contributed by atoms with Gasteiger partial charge in [-0.1, -0.05) is 78.9 Å². The summed E-state index contributed by atoms with van der Waals surface area (Å²) in [6.07, 6.45) is 0. The molecule has 0 spiro atoms. The van der Waals surface area contributed by atoms with Crippen molar-refractivity contribution in [1.29, 1.82) is 0 Å². The zero-order valence-corrected chi connectivity index (χ0v) is 19.3. The lowest BCUT2D eigenvalue weighted by molar-refractivity contribution is 0.100. The second-order valence-electron chi connectivity index (χ2n) is 8.38. The van der Waals surface area contributed by atoms with E-state index in [1.807, 2.05) is 18.2 Å². The highest BCUT2D eigenvalue weighted by atomic mass is 32.1. The number of carbonyl (C=O) groups is 1. The molecule has 0 radical (unpaired) electrons. The lowest BCUT2D eigenvalue weighted by Gasteiger charge is -2.13. The molecule has 0 aliphatic rings. The van der Waals surface area contributed by atoms with Crippen LogP contribution in [0.5, 0.6) is 0 Å². The standard InChI is InChI=1S/C30H22N2OS/c31-30(33)25-12-6-13-26-29(25)24-16-15-21(28-14-7-17-34-28)18-27(24)32(26)19-22-10-4-5-11-23(22)20-8-2-1-3-9-20/h1-18H,19H2,(H2,31,33). The highest BCUT2D eigenvalue weighted by molar-refractivity contribution is 7.13. The Morgan fingerprint density at radius 3 is 2.38 bits per heavy atom. The van der Waals surface area contributed by atoms with Crippen molar-refractivity contribution in [1.82, 2.24) is 4.57 Å². The number of thiophene rings is 1. The predicted molar refractivity (Wildman–Crippen MR) is 142 cm³/mol. The molecular weight excluding hydrogens is 436 g/mol. The van der Waals surface area contributed by atoms with Crippen LogP contribution in [-0.2, 0) is 6.54 Å². The van der Waals surface area contributed by atoms with E-state index in [1.165, 1.54) is 27.1 Å². The Kier molecular flexibility index (Phi) is 5.01. The molecule has 0 atom stereocenters. The van der Waals surface area contributed by atoms with Gasteiger partial charge in [-0.05, 0) is 51.9 Å². The van der Waals surface area contributed by atoms with Crippen molar-refractivity contribution < 1.29 is 4.79 Å². The van der Waals surface area contributed by atoms with E-state index in [4.69, 9.17) is 5.73 Å². The van der Waals surface area contributed by atoms with Crippen molar-refractivity contribution in [2.75, 3.05) is 0 Å². The van der Waals surface area contributed by atoms with E-state index >= 15 is 0 Å². The van der Waals surface area contributed by atoms with Gasteiger partial charge < -0.3 is 10.3 Å². The minimum Gasteiger partial charge on any atom is -0.366 e. The fraction of sp³-hybridized carbons (Fsp3) is 0.0333. The third-order valence-corrected chi connectivity index (χ3v) is 7.31. The summed E-state index contributed by atoms with van der Waals surface area (Å²) in [5.41, 5.74) is 13.2. The quantitative estimate of drug-likeness (QED) is 0.289. The average Bonchev–Trinajstić information content (AvgIpc) is 3.52. The lowest BCUT2D eigenvalue weighted by Crippen LogP contribution is -2.11. The average molecular weight is 459 g/mol. The number of nitrogens with two attached hydrogens (primary N) is 1. The van der Waals surface area contributed by atoms with E-state index in [1.54, 1.807) is 11.3 Å². The zero-order valence-electron chi connectivity index (χ0n) is 18.4. The second-order valence-corrected chi connectivity index (χ2v) is 9.33. The second kappa shape index (κ2) is 8.32. The number of carbonyl (C=O) groups excluding carboxylic acids is 1. The van der Waals surface area contributed by atoms with Crippen LogP contribution in [0.4, 0.5) is 0 Å². The van der Waals surface area contributed by atoms with Gasteiger partial charge in [0.25, 0.3) is 0 Å². The third-order valence-electron chi connectivity index (χ3n) is 6.39. The van der Waals surface area contributed by atoms with Gasteiger partial charge in [0.15, 0.2) is 0 Å². The van der Waals surface area contributed by atoms with Gasteiger partial charge in [0.2, 0.25) is 5.91 Å². The number of rotatable bonds is 5. The number of fused-ring (bicyclic) bond motifs is 3. The Balaban J connectivity index is 1.62. The molecule has 1 amide bonds. The highest BCUT2D eigenvalue weighted by Crippen LogP contribution is 2.36. The Hall–Kier alpha value is -4.15. The Bertz CT molecular complexity index is 1650. The number of amides is 1. The molecule has 6 rings (SSSR count). The zero-order chi connectivity index (χ0) is 23.1. The first kappa shape index (κ1) is 20.5. The summed E-state index contributed by atoms with van der Waals surface area (Å²) in [5.74, 6) is -0.406. The molecule has 0 bridgehead atoms. The van der Waals surface area contributed by atoms with Crippen molar-refractivity contribution in [3.63, 3.8) is 0 Å². The summed E-state index contributed by atoms with van der Waals surface area (Å²) in [4.78, 5) is 13.6. The predicted octanol–water partition coefficient (Wildman–Crippen LogP) is 7.34. The van der Waals surface area contributed by atoms with Crippen LogP contribution in [0.15, 0.2) is 109 Å². The topological polar surface area (TPSA) is 48.0 Å². The molecule has 164 valence electrons. The maximum atomic E-state index is 12.3. The molecule has 0 saturated heterocycles. The SMILES string of the molecule is NC(=O)c1cccc2c1c1ccc(-c3cccs3)cc1n2Cc1ccccc1-c1ccccc1. The molecule has 2 heterocycles. The first-order chi connectivity index (χ1) is 16.7. The molecule has 4 heteroatoms. The van der Waals surface area contributed by atoms with E-state index in [2.05, 4.69) is 94.9 Å². The molecule has 2 N–H and O–H groups in total. The van der Waals surface area contributed by atoms with Crippen LogP contribution in [-0.4, -0.2) is 10.5 Å². The van der Waals surface area contributed by atoms with Gasteiger partial charge in [0.05, 0.1) is 11.0 Å². The van der Waals surface area contributed by atoms with E-state index in [9.17, 15) is 4.79 Å². The minimum atomic E-state index is -0.406. The molecule has 0 saturated carbocycles. The van der Waals surface area contributed by atoms with Crippen LogP contribution in [0.1, 0.15) is 15.9 Å². The Morgan fingerprint density at radius 1 is 0.765 bits per heavy atom. The van der Waals surface area contributed by atoms with Crippen molar-refractivity contribution in [3.05, 3.63) is 120 Å². The molecule has 0 aliphatic carbocycles. The number of aromatic nitrogens is 1. The highest BCUT2D eigenvalue weighted by Gasteiger charge is 2.18. The van der Waals surface area contributed by atoms with E-state index in [0.717, 1.165) is 21.8 Å². The van der Waals surface area contributed by atoms with Crippen LogP contribution in [0, 0.1) is 0 Å². The van der Waals surface area contributed by atoms with Gasteiger partial charge >= 0.3 is 0 Å². The minimum absolute atomic E-state index is 0.406. The molecule has 6 aromatic rings. The molecule has 3 nitrogen and oxygen atoms in total. The normalized spacial score (nSPS) is 11.3. The molecular formula is C30H22N2OS. The molecule has 0 unspecified atom stereocenters. The fourth-order valence-electron chi connectivity index (χ4n) is 4.84. The molecule has 2 aromatic heterocycles. The maximum absolute atomic E-state index is 12.3. The van der Waals surface area contributed by atoms with E-state index in [0.29, 0.717) is 12.1 Å². The molecule has 0 aliphatic heterocycles. The van der Waals surface area contributed by atoms with Crippen LogP contribution in [0.25, 0.3) is 43.4 Å². The monoisotopic (exact) mass is 458 g/mol. The van der Waals surface area contributed by atoms with Gasteiger partial charge in [-0.15, -0.1) is 11.3 Å². The number of primary amides is 1. The van der Waals surface area contributed by atoms with Crippen molar-refractivity contribution in [2.45, 2.75) is 6.54 Å². The van der Waals surface area contributed by atoms with Gasteiger partial charge in [0, 0.05) is 27.8 Å². The number of benzene rings is 4. The fourth-order valence-corrected chi connectivity index (χ4v) is 5.57. The lowest BCUT2D eigenvalue weighted by atomic mass is 9.99. The largest absolute Gasteiger partial charge is 0.366 e. The third kappa shape index (κ3) is 3.40. The Labute approximate surface area is 201 Å². The van der Waals surface area contributed by atoms with E-state index in [-0.39, 0.29) is 0 Å². The van der Waals surface area contributed by atoms with Crippen molar-refractivity contribution >= 4 is 39.0 Å². The summed E-state index contributed by atoms with van der Waals surface area (Å²) in [5, 5.41) is 4.05. The summed E-state index contributed by atoms with van der Waals surface area (Å²) in [7, 11) is 0. The van der Waals surface area contributed by atoms with Crippen LogP contribution in [0.3, 0.4) is 0 Å². The van der Waals surface area contributed by atoms with Crippen LogP contribution < -0.4 is 5.73 Å². The van der Waals surface area contributed by atoms with Crippen LogP contribution in [0.2, 0.25) is 0 Å². The van der Waals surface area contributed by atoms with Crippen molar-refractivity contribution in [2.24, 2.45) is 5.73 Å². The summed E-state index contributed by atoms with van der Waals surface area (Å²) < 4.78 is 2.32. The van der Waals surface area contributed by atoms with E-state index < -0.39 is 5.91 Å². The Morgan fingerprint density at radius 2 is 1.59 bits per heavy atom.